The van der Waals surface area contributed by atoms with Crippen molar-refractivity contribution in [2.45, 2.75) is 51.1 Å². The number of aliphatic carboxylic acids is 1. The average Bonchev–Trinajstić information content (AvgIpc) is 2.80. The van der Waals surface area contributed by atoms with Gasteiger partial charge in [-0.05, 0) is 20.8 Å². The maximum Gasteiger partial charge on any atom is 0.433 e. The molecule has 0 fully saturated rings. The molecule has 0 aliphatic rings. The largest absolute Gasteiger partial charge is 0.480 e. The van der Waals surface area contributed by atoms with Gasteiger partial charge >= 0.3 is 18.3 Å². The fourth-order valence-electron chi connectivity index (χ4n) is 1.96. The highest BCUT2D eigenvalue weighted by Crippen LogP contribution is 2.35. The number of alkyl halides is 6. The Morgan fingerprint density at radius 3 is 2.08 bits per heavy atom. The van der Waals surface area contributed by atoms with Crippen LogP contribution in [0.5, 0.6) is 0 Å². The molecule has 1 heterocycles. The van der Waals surface area contributed by atoms with Gasteiger partial charge in [0.1, 0.15) is 6.04 Å². The number of nitrogens with zero attached hydrogens (tertiary/aromatic N) is 2. The van der Waals surface area contributed by atoms with Crippen LogP contribution in [0.3, 0.4) is 0 Å². The molecule has 0 radical (unpaired) electrons. The predicted molar refractivity (Wildman–Crippen MR) is 71.8 cm³/mol. The van der Waals surface area contributed by atoms with Crippen LogP contribution in [-0.2, 0) is 16.5 Å². The van der Waals surface area contributed by atoms with Crippen molar-refractivity contribution in [3.63, 3.8) is 0 Å². The maximum absolute atomic E-state index is 13.3. The zero-order chi connectivity index (χ0) is 19.8. The van der Waals surface area contributed by atoms with Crippen molar-refractivity contribution in [3.05, 3.63) is 17.5 Å². The van der Waals surface area contributed by atoms with Crippen molar-refractivity contribution >= 4 is 11.9 Å². The van der Waals surface area contributed by atoms with E-state index in [2.05, 4.69) is 5.10 Å². The Morgan fingerprint density at radius 1 is 1.20 bits per heavy atom. The Kier molecular flexibility index (Phi) is 5.45. The van der Waals surface area contributed by atoms with E-state index in [1.54, 1.807) is 0 Å². The van der Waals surface area contributed by atoms with E-state index in [1.807, 2.05) is 0 Å². The van der Waals surface area contributed by atoms with Crippen LogP contribution in [-0.4, -0.2) is 39.0 Å². The van der Waals surface area contributed by atoms with Crippen LogP contribution in [0.2, 0.25) is 0 Å². The number of aromatic nitrogens is 2. The van der Waals surface area contributed by atoms with E-state index >= 15 is 0 Å². The Labute approximate surface area is 137 Å². The van der Waals surface area contributed by atoms with Gasteiger partial charge in [-0.15, -0.1) is 0 Å². The summed E-state index contributed by atoms with van der Waals surface area (Å²) in [5.74, 6) is -3.64. The van der Waals surface area contributed by atoms with Gasteiger partial charge in [0, 0.05) is 0 Å². The first-order valence-corrected chi connectivity index (χ1v) is 6.80. The van der Waals surface area contributed by atoms with Crippen molar-refractivity contribution in [1.29, 1.82) is 0 Å². The van der Waals surface area contributed by atoms with Gasteiger partial charge in [-0.3, -0.25) is 9.48 Å². The number of rotatable bonds is 4. The molecule has 12 heteroatoms. The van der Waals surface area contributed by atoms with Crippen LogP contribution in [0.1, 0.15) is 43.2 Å². The van der Waals surface area contributed by atoms with Gasteiger partial charge in [0.25, 0.3) is 5.91 Å². The molecule has 1 aromatic heterocycles. The van der Waals surface area contributed by atoms with Gasteiger partial charge < -0.3 is 10.4 Å². The lowest BCUT2D eigenvalue weighted by molar-refractivity contribution is -0.157. The lowest BCUT2D eigenvalue weighted by atomic mass is 10.1. The fourth-order valence-corrected chi connectivity index (χ4v) is 1.96. The monoisotopic (exact) mass is 375 g/mol. The summed E-state index contributed by atoms with van der Waals surface area (Å²) in [5, 5.41) is 13.7. The number of amides is 1. The second-order valence-corrected chi connectivity index (χ2v) is 6.17. The summed E-state index contributed by atoms with van der Waals surface area (Å²) in [4.78, 5) is 22.8. The Hall–Kier alpha value is -2.27. The Bertz CT molecular complexity index is 657. The first kappa shape index (κ1) is 20.8. The molecule has 0 bridgehead atoms. The van der Waals surface area contributed by atoms with E-state index in [4.69, 9.17) is 5.11 Å². The van der Waals surface area contributed by atoms with Gasteiger partial charge in [0.05, 0.1) is 23.7 Å². The standard InChI is InChI=1S/C13H15F6N3O3/c1-11(2,3)22-8(13(17,18)19)6(5-20-22)9(23)21-7(10(24)25)4-12(14,15)16/h5,7H,4H2,1-3H3,(H,21,23)(H,24,25). The fraction of sp³-hybridized carbons (Fsp3) is 0.615. The molecule has 2 N–H and O–H groups in total. The van der Waals surface area contributed by atoms with Gasteiger partial charge in [0.15, 0.2) is 5.69 Å². The molecule has 1 amide bonds. The van der Waals surface area contributed by atoms with Crippen molar-refractivity contribution in [1.82, 2.24) is 15.1 Å². The summed E-state index contributed by atoms with van der Waals surface area (Å²) < 4.78 is 77.3. The summed E-state index contributed by atoms with van der Waals surface area (Å²) in [6, 6.07) is -2.42. The molecule has 25 heavy (non-hydrogen) atoms. The van der Waals surface area contributed by atoms with E-state index in [1.165, 1.54) is 26.1 Å². The number of carboxylic acids is 1. The highest BCUT2D eigenvalue weighted by Gasteiger charge is 2.43. The van der Waals surface area contributed by atoms with Gasteiger partial charge in [-0.1, -0.05) is 0 Å². The minimum absolute atomic E-state index is 0.501. The summed E-state index contributed by atoms with van der Waals surface area (Å²) in [6.07, 6.45) is -11.4. The predicted octanol–water partition coefficient (Wildman–Crippen LogP) is 2.79. The molecule has 0 saturated heterocycles. The molecule has 6 nitrogen and oxygen atoms in total. The number of carbonyl (C=O) groups is 2. The second-order valence-electron chi connectivity index (χ2n) is 6.17. The molecule has 0 aliphatic heterocycles. The normalized spacial score (nSPS) is 14.3. The molecule has 1 atom stereocenters. The number of carbonyl (C=O) groups excluding carboxylic acids is 1. The van der Waals surface area contributed by atoms with E-state index in [0.29, 0.717) is 10.9 Å². The average molecular weight is 375 g/mol. The Morgan fingerprint density at radius 2 is 1.72 bits per heavy atom. The highest BCUT2D eigenvalue weighted by molar-refractivity contribution is 5.97. The van der Waals surface area contributed by atoms with Crippen molar-refractivity contribution in [3.8, 4) is 0 Å². The molecular formula is C13H15F6N3O3. The lowest BCUT2D eigenvalue weighted by Gasteiger charge is -2.24. The molecular weight excluding hydrogens is 360 g/mol. The van der Waals surface area contributed by atoms with Crippen molar-refractivity contribution in [2.24, 2.45) is 0 Å². The van der Waals surface area contributed by atoms with Gasteiger partial charge in [0.2, 0.25) is 0 Å². The zero-order valence-corrected chi connectivity index (χ0v) is 13.3. The van der Waals surface area contributed by atoms with Crippen molar-refractivity contribution in [2.75, 3.05) is 0 Å². The minimum atomic E-state index is -5.03. The zero-order valence-electron chi connectivity index (χ0n) is 13.3. The molecule has 0 spiro atoms. The maximum atomic E-state index is 13.3. The smallest absolute Gasteiger partial charge is 0.433 e. The van der Waals surface area contributed by atoms with Crippen LogP contribution < -0.4 is 5.32 Å². The van der Waals surface area contributed by atoms with Gasteiger partial charge in [-0.25, -0.2) is 4.79 Å². The molecule has 0 aliphatic carbocycles. The summed E-state index contributed by atoms with van der Waals surface area (Å²) in [6.45, 7) is 4.13. The SMILES string of the molecule is CC(C)(C)n1ncc(C(=O)NC(CC(F)(F)F)C(=O)O)c1C(F)(F)F. The third-order valence-electron chi connectivity index (χ3n) is 2.96. The first-order chi connectivity index (χ1) is 11.0. The van der Waals surface area contributed by atoms with Crippen LogP contribution in [0.25, 0.3) is 0 Å². The number of hydrogen-bond acceptors (Lipinski definition) is 3. The van der Waals surface area contributed by atoms with Crippen molar-refractivity contribution < 1.29 is 41.0 Å². The van der Waals surface area contributed by atoms with Crippen LogP contribution in [0.15, 0.2) is 6.20 Å². The first-order valence-electron chi connectivity index (χ1n) is 6.80. The Balaban J connectivity index is 3.26. The highest BCUT2D eigenvalue weighted by atomic mass is 19.4. The molecule has 1 aromatic rings. The summed E-state index contributed by atoms with van der Waals surface area (Å²) in [5.41, 5.74) is -3.72. The minimum Gasteiger partial charge on any atom is -0.480 e. The number of nitrogens with one attached hydrogen (secondary N) is 1. The molecule has 0 aromatic carbocycles. The van der Waals surface area contributed by atoms with E-state index < -0.39 is 53.5 Å². The quantitative estimate of drug-likeness (QED) is 0.793. The summed E-state index contributed by atoms with van der Waals surface area (Å²) >= 11 is 0. The van der Waals surface area contributed by atoms with Gasteiger partial charge in [-0.2, -0.15) is 31.4 Å². The summed E-state index contributed by atoms with van der Waals surface area (Å²) in [7, 11) is 0. The molecule has 142 valence electrons. The lowest BCUT2D eigenvalue weighted by Crippen LogP contribution is -2.44. The third-order valence-corrected chi connectivity index (χ3v) is 2.96. The number of halogens is 6. The van der Waals surface area contributed by atoms with Crippen LogP contribution in [0, 0.1) is 0 Å². The molecule has 1 unspecified atom stereocenters. The van der Waals surface area contributed by atoms with E-state index in [0.717, 1.165) is 0 Å². The number of carboxylic acid groups (broad SMARTS) is 1. The van der Waals surface area contributed by atoms with E-state index in [9.17, 15) is 35.9 Å². The molecule has 0 saturated carbocycles. The number of hydrogen-bond donors (Lipinski definition) is 2. The van der Waals surface area contributed by atoms with Crippen LogP contribution in [0.4, 0.5) is 26.3 Å². The second kappa shape index (κ2) is 6.56. The third kappa shape index (κ3) is 5.36. The van der Waals surface area contributed by atoms with E-state index in [-0.39, 0.29) is 0 Å². The van der Waals surface area contributed by atoms with Crippen LogP contribution >= 0.6 is 0 Å². The molecule has 1 rings (SSSR count). The topological polar surface area (TPSA) is 84.2 Å².